The van der Waals surface area contributed by atoms with Crippen molar-refractivity contribution in [3.05, 3.63) is 23.9 Å². The van der Waals surface area contributed by atoms with E-state index in [9.17, 15) is 9.59 Å². The number of piperazine rings is 1. The summed E-state index contributed by atoms with van der Waals surface area (Å²) in [4.78, 5) is 35.6. The highest BCUT2D eigenvalue weighted by atomic mass is 16.2. The molecule has 1 unspecified atom stereocenters. The summed E-state index contributed by atoms with van der Waals surface area (Å²) < 4.78 is 0. The van der Waals surface area contributed by atoms with E-state index in [1.54, 1.807) is 0 Å². The summed E-state index contributed by atoms with van der Waals surface area (Å²) in [6, 6.07) is 3.96. The fourth-order valence-corrected chi connectivity index (χ4v) is 3.81. The largest absolute Gasteiger partial charge is 0.354 e. The maximum Gasteiger partial charge on any atom is 0.225 e. The van der Waals surface area contributed by atoms with Gasteiger partial charge in [0.25, 0.3) is 0 Å². The Bertz CT molecular complexity index is 658. The van der Waals surface area contributed by atoms with Crippen LogP contribution in [0.3, 0.4) is 0 Å². The number of hydrogen-bond donors (Lipinski definition) is 1. The topological polar surface area (TPSA) is 68.8 Å². The van der Waals surface area contributed by atoms with Gasteiger partial charge in [0.05, 0.1) is 5.92 Å². The first-order valence-corrected chi connectivity index (χ1v) is 10.0. The van der Waals surface area contributed by atoms with Gasteiger partial charge in [-0.1, -0.05) is 13.0 Å². The van der Waals surface area contributed by atoms with Crippen LogP contribution < -0.4 is 10.2 Å². The highest BCUT2D eigenvalue weighted by molar-refractivity contribution is 5.83. The molecule has 2 aliphatic heterocycles. The SMILES string of the molecule is CCCN1CC(C(=O)NCc2cccnc2N2CCN(C)CC2)CCC1=O. The number of carbonyl (C=O) groups excluding carboxylic acids is 2. The van der Waals surface area contributed by atoms with Gasteiger partial charge >= 0.3 is 0 Å². The molecule has 2 amide bonds. The third-order valence-electron chi connectivity index (χ3n) is 5.49. The number of aromatic nitrogens is 1. The molecule has 7 heteroatoms. The first kappa shape index (κ1) is 19.6. The normalized spacial score (nSPS) is 21.4. The summed E-state index contributed by atoms with van der Waals surface area (Å²) in [5, 5.41) is 3.08. The van der Waals surface area contributed by atoms with E-state index in [-0.39, 0.29) is 17.7 Å². The summed E-state index contributed by atoms with van der Waals surface area (Å²) in [6.07, 6.45) is 3.85. The number of rotatable bonds is 6. The number of hydrogen-bond acceptors (Lipinski definition) is 5. The number of likely N-dealkylation sites (tertiary alicyclic amines) is 1. The van der Waals surface area contributed by atoms with Crippen molar-refractivity contribution in [2.24, 2.45) is 5.92 Å². The fourth-order valence-electron chi connectivity index (χ4n) is 3.81. The second-order valence-corrected chi connectivity index (χ2v) is 7.57. The third-order valence-corrected chi connectivity index (χ3v) is 5.49. The molecule has 1 aromatic heterocycles. The second-order valence-electron chi connectivity index (χ2n) is 7.57. The molecule has 2 fully saturated rings. The molecule has 3 rings (SSSR count). The third kappa shape index (κ3) is 4.97. The number of amides is 2. The van der Waals surface area contributed by atoms with E-state index in [0.29, 0.717) is 25.9 Å². The smallest absolute Gasteiger partial charge is 0.225 e. The van der Waals surface area contributed by atoms with E-state index in [2.05, 4.69) is 34.1 Å². The first-order chi connectivity index (χ1) is 13.1. The molecule has 1 aromatic rings. The Morgan fingerprint density at radius 2 is 2.07 bits per heavy atom. The Balaban J connectivity index is 1.58. The molecule has 3 heterocycles. The highest BCUT2D eigenvalue weighted by Crippen LogP contribution is 2.21. The molecule has 0 radical (unpaired) electrons. The zero-order valence-corrected chi connectivity index (χ0v) is 16.5. The van der Waals surface area contributed by atoms with Gasteiger partial charge in [-0.2, -0.15) is 0 Å². The van der Waals surface area contributed by atoms with Crippen LogP contribution in [0.5, 0.6) is 0 Å². The molecular formula is C20H31N5O2. The summed E-state index contributed by atoms with van der Waals surface area (Å²) >= 11 is 0. The van der Waals surface area contributed by atoms with E-state index in [1.165, 1.54) is 0 Å². The molecule has 0 saturated carbocycles. The standard InChI is InChI=1S/C20H31N5O2/c1-3-9-25-15-17(6-7-18(25)26)20(27)22-14-16-5-4-8-21-19(16)24-12-10-23(2)11-13-24/h4-5,8,17H,3,6-7,9-15H2,1-2H3,(H,22,27). The summed E-state index contributed by atoms with van der Waals surface area (Å²) in [6.45, 7) is 7.75. The van der Waals surface area contributed by atoms with Gasteiger partial charge in [0.1, 0.15) is 5.82 Å². The lowest BCUT2D eigenvalue weighted by Crippen LogP contribution is -2.46. The van der Waals surface area contributed by atoms with Crippen molar-refractivity contribution in [2.75, 3.05) is 51.2 Å². The Labute approximate surface area is 161 Å². The van der Waals surface area contributed by atoms with Crippen molar-refractivity contribution >= 4 is 17.6 Å². The molecule has 0 aliphatic carbocycles. The van der Waals surface area contributed by atoms with Crippen LogP contribution in [0.1, 0.15) is 31.7 Å². The molecule has 0 aromatic carbocycles. The molecule has 27 heavy (non-hydrogen) atoms. The first-order valence-electron chi connectivity index (χ1n) is 10.0. The maximum atomic E-state index is 12.7. The Kier molecular flexibility index (Phi) is 6.66. The molecule has 148 valence electrons. The van der Waals surface area contributed by atoms with Crippen LogP contribution in [0.15, 0.2) is 18.3 Å². The van der Waals surface area contributed by atoms with Crippen LogP contribution in [-0.2, 0) is 16.1 Å². The zero-order chi connectivity index (χ0) is 19.2. The minimum Gasteiger partial charge on any atom is -0.354 e. The highest BCUT2D eigenvalue weighted by Gasteiger charge is 2.29. The number of carbonyl (C=O) groups is 2. The number of pyridine rings is 1. The summed E-state index contributed by atoms with van der Waals surface area (Å²) in [7, 11) is 2.13. The number of likely N-dealkylation sites (N-methyl/N-ethyl adjacent to an activating group) is 1. The molecule has 7 nitrogen and oxygen atoms in total. The monoisotopic (exact) mass is 373 g/mol. The van der Waals surface area contributed by atoms with Crippen LogP contribution in [0.4, 0.5) is 5.82 Å². The van der Waals surface area contributed by atoms with Crippen molar-refractivity contribution in [2.45, 2.75) is 32.7 Å². The molecule has 0 bridgehead atoms. The van der Waals surface area contributed by atoms with Crippen LogP contribution in [0.25, 0.3) is 0 Å². The van der Waals surface area contributed by atoms with Crippen molar-refractivity contribution in [3.8, 4) is 0 Å². The molecular weight excluding hydrogens is 342 g/mol. The average molecular weight is 374 g/mol. The van der Waals surface area contributed by atoms with Crippen molar-refractivity contribution in [1.29, 1.82) is 0 Å². The molecule has 1 N–H and O–H groups in total. The predicted octanol–water partition coefficient (Wildman–Crippen LogP) is 1.10. The fraction of sp³-hybridized carbons (Fsp3) is 0.650. The Morgan fingerprint density at radius 1 is 1.30 bits per heavy atom. The van der Waals surface area contributed by atoms with Gasteiger partial charge in [0.15, 0.2) is 0 Å². The van der Waals surface area contributed by atoms with Crippen molar-refractivity contribution in [3.63, 3.8) is 0 Å². The average Bonchev–Trinajstić information content (AvgIpc) is 2.69. The number of nitrogens with one attached hydrogen (secondary N) is 1. The Hall–Kier alpha value is -2.15. The Morgan fingerprint density at radius 3 is 2.81 bits per heavy atom. The lowest BCUT2D eigenvalue weighted by atomic mass is 9.96. The quantitative estimate of drug-likeness (QED) is 0.809. The predicted molar refractivity (Wildman–Crippen MR) is 105 cm³/mol. The van der Waals surface area contributed by atoms with E-state index >= 15 is 0 Å². The van der Waals surface area contributed by atoms with Gasteiger partial charge in [-0.3, -0.25) is 9.59 Å². The second kappa shape index (κ2) is 9.17. The van der Waals surface area contributed by atoms with Crippen molar-refractivity contribution < 1.29 is 9.59 Å². The van der Waals surface area contributed by atoms with Crippen LogP contribution in [-0.4, -0.2) is 72.9 Å². The van der Waals surface area contributed by atoms with Crippen LogP contribution in [0, 0.1) is 5.92 Å². The van der Waals surface area contributed by atoms with Crippen LogP contribution in [0.2, 0.25) is 0 Å². The van der Waals surface area contributed by atoms with Crippen LogP contribution >= 0.6 is 0 Å². The minimum atomic E-state index is -0.113. The van der Waals surface area contributed by atoms with E-state index in [0.717, 1.165) is 50.5 Å². The minimum absolute atomic E-state index is 0.0387. The van der Waals surface area contributed by atoms with Gasteiger partial charge in [-0.15, -0.1) is 0 Å². The molecule has 0 spiro atoms. The molecule has 2 saturated heterocycles. The van der Waals surface area contributed by atoms with E-state index in [4.69, 9.17) is 0 Å². The molecule has 2 aliphatic rings. The van der Waals surface area contributed by atoms with E-state index < -0.39 is 0 Å². The van der Waals surface area contributed by atoms with Gasteiger partial charge in [-0.25, -0.2) is 4.98 Å². The number of nitrogens with zero attached hydrogens (tertiary/aromatic N) is 4. The summed E-state index contributed by atoms with van der Waals surface area (Å²) in [5.74, 6) is 1.07. The summed E-state index contributed by atoms with van der Waals surface area (Å²) in [5.41, 5.74) is 1.05. The van der Waals surface area contributed by atoms with Gasteiger partial charge < -0.3 is 20.0 Å². The van der Waals surface area contributed by atoms with Crippen molar-refractivity contribution in [1.82, 2.24) is 20.1 Å². The maximum absolute atomic E-state index is 12.7. The molecule has 1 atom stereocenters. The number of piperidine rings is 1. The lowest BCUT2D eigenvalue weighted by molar-refractivity contribution is -0.138. The van der Waals surface area contributed by atoms with Gasteiger partial charge in [-0.05, 0) is 26.0 Å². The van der Waals surface area contributed by atoms with Gasteiger partial charge in [0.2, 0.25) is 11.8 Å². The van der Waals surface area contributed by atoms with Gasteiger partial charge in [0, 0.05) is 64.0 Å². The zero-order valence-electron chi connectivity index (χ0n) is 16.5. The number of anilines is 1. The lowest BCUT2D eigenvalue weighted by Gasteiger charge is -2.34. The van der Waals surface area contributed by atoms with E-state index in [1.807, 2.05) is 23.2 Å².